The topological polar surface area (TPSA) is 224 Å². The maximum atomic E-state index is 14.4. The summed E-state index contributed by atoms with van der Waals surface area (Å²) >= 11 is 0. The maximum Gasteiger partial charge on any atom is 0.407 e. The molecular weight excluding hydrogens is 807 g/mol. The fourth-order valence-corrected chi connectivity index (χ4v) is 6.69. The Bertz CT molecular complexity index is 2110. The lowest BCUT2D eigenvalue weighted by atomic mass is 9.85. The highest BCUT2D eigenvalue weighted by atomic mass is 16.6. The number of esters is 1. The molecule has 0 saturated carbocycles. The zero-order chi connectivity index (χ0) is 46.3. The molecule has 0 unspecified atom stereocenters. The third kappa shape index (κ3) is 15.4. The second-order valence-electron chi connectivity index (χ2n) is 17.4. The van der Waals surface area contributed by atoms with Crippen molar-refractivity contribution in [3.63, 3.8) is 0 Å². The van der Waals surface area contributed by atoms with Crippen LogP contribution in [0, 0.1) is 10.8 Å². The van der Waals surface area contributed by atoms with Gasteiger partial charge in [-0.2, -0.15) is 0 Å². The first-order chi connectivity index (χ1) is 29.8. The Morgan fingerprint density at radius 1 is 0.683 bits per heavy atom. The molecule has 0 spiro atoms. The molecule has 0 aliphatic carbocycles. The van der Waals surface area contributed by atoms with Crippen LogP contribution in [0.15, 0.2) is 103 Å². The fraction of sp³-hybridized carbons (Fsp3) is 0.404. The van der Waals surface area contributed by atoms with Crippen LogP contribution in [0.1, 0.15) is 58.2 Å². The molecule has 7 N–H and O–H groups in total. The number of nitrogens with zero attached hydrogens (tertiary/aromatic N) is 2. The van der Waals surface area contributed by atoms with Gasteiger partial charge < -0.3 is 41.0 Å². The van der Waals surface area contributed by atoms with Gasteiger partial charge in [-0.1, -0.05) is 114 Å². The van der Waals surface area contributed by atoms with E-state index in [2.05, 4.69) is 26.4 Å². The van der Waals surface area contributed by atoms with Gasteiger partial charge in [0.15, 0.2) is 0 Å². The lowest BCUT2D eigenvalue weighted by Crippen LogP contribution is -2.61. The molecular formula is C47H61N7O9. The van der Waals surface area contributed by atoms with Gasteiger partial charge in [-0.05, 0) is 64.6 Å². The highest BCUT2D eigenvalue weighted by Gasteiger charge is 2.39. The van der Waals surface area contributed by atoms with E-state index in [9.17, 15) is 29.1 Å². The van der Waals surface area contributed by atoms with Crippen LogP contribution in [0.5, 0.6) is 5.75 Å². The number of hydrogen-bond acceptors (Lipinski definition) is 12. The van der Waals surface area contributed by atoms with Crippen molar-refractivity contribution in [2.24, 2.45) is 16.6 Å². The third-order valence-corrected chi connectivity index (χ3v) is 10.1. The summed E-state index contributed by atoms with van der Waals surface area (Å²) in [6.07, 6.45) is -0.929. The Balaban J connectivity index is 1.82. The number of rotatable bonds is 18. The number of nitrogens with one attached hydrogen (secondary N) is 4. The molecule has 16 nitrogen and oxygen atoms in total. The van der Waals surface area contributed by atoms with Crippen LogP contribution < -0.4 is 27.1 Å². The van der Waals surface area contributed by atoms with Crippen LogP contribution >= 0.6 is 0 Å². The fourth-order valence-electron chi connectivity index (χ4n) is 6.69. The molecule has 0 radical (unpaired) electrons. The van der Waals surface area contributed by atoms with Crippen LogP contribution in [0.25, 0.3) is 11.3 Å². The van der Waals surface area contributed by atoms with E-state index in [1.54, 1.807) is 64.9 Å². The molecule has 0 aliphatic rings. The van der Waals surface area contributed by atoms with E-state index in [1.807, 2.05) is 72.8 Å². The predicted octanol–water partition coefficient (Wildman–Crippen LogP) is 5.04. The minimum Gasteiger partial charge on any atom is -0.508 e. The predicted molar refractivity (Wildman–Crippen MR) is 238 cm³/mol. The van der Waals surface area contributed by atoms with E-state index in [0.717, 1.165) is 22.4 Å². The van der Waals surface area contributed by atoms with Crippen molar-refractivity contribution in [3.05, 3.63) is 120 Å². The summed E-state index contributed by atoms with van der Waals surface area (Å²) < 4.78 is 16.0. The number of methoxy groups -OCH3 is 2. The van der Waals surface area contributed by atoms with Gasteiger partial charge in [0.05, 0.1) is 32.5 Å². The first-order valence-corrected chi connectivity index (χ1v) is 20.6. The highest BCUT2D eigenvalue weighted by Crippen LogP contribution is 2.24. The van der Waals surface area contributed by atoms with Gasteiger partial charge in [0.1, 0.15) is 30.0 Å². The Kier molecular flexibility index (Phi) is 17.6. The van der Waals surface area contributed by atoms with E-state index < -0.39 is 71.1 Å². The summed E-state index contributed by atoms with van der Waals surface area (Å²) in [5.74, 6) is -1.93. The minimum atomic E-state index is -1.21. The first-order valence-electron chi connectivity index (χ1n) is 20.6. The van der Waals surface area contributed by atoms with Crippen molar-refractivity contribution in [3.8, 4) is 17.0 Å². The summed E-state index contributed by atoms with van der Waals surface area (Å²) in [6.45, 7) is 10.6. The molecule has 0 fully saturated rings. The Morgan fingerprint density at radius 2 is 1.22 bits per heavy atom. The van der Waals surface area contributed by atoms with Gasteiger partial charge in [0, 0.05) is 18.3 Å². The van der Waals surface area contributed by atoms with E-state index in [0.29, 0.717) is 5.56 Å². The second-order valence-corrected chi connectivity index (χ2v) is 17.4. The number of hydrazine groups is 1. The number of ether oxygens (including phenoxy) is 3. The largest absolute Gasteiger partial charge is 0.508 e. The number of aromatic nitrogens is 1. The number of phenolic OH excluding ortho intramolecular Hbond substituents is 1. The van der Waals surface area contributed by atoms with Gasteiger partial charge in [-0.3, -0.25) is 24.8 Å². The molecule has 1 aromatic heterocycles. The molecule has 0 saturated heterocycles. The summed E-state index contributed by atoms with van der Waals surface area (Å²) in [5, 5.41) is 19.7. The number of amides is 4. The summed E-state index contributed by atoms with van der Waals surface area (Å²) in [4.78, 5) is 72.2. The van der Waals surface area contributed by atoms with E-state index in [-0.39, 0.29) is 31.7 Å². The number of phenols is 1. The number of hydrogen-bond donors (Lipinski definition) is 6. The van der Waals surface area contributed by atoms with E-state index >= 15 is 0 Å². The molecule has 0 bridgehead atoms. The maximum absolute atomic E-state index is 14.4. The average Bonchev–Trinajstić information content (AvgIpc) is 3.24. The van der Waals surface area contributed by atoms with E-state index in [1.165, 1.54) is 26.4 Å². The monoisotopic (exact) mass is 867 g/mol. The SMILES string of the molecule is COC(=O)N[C@H](C(=O)N[C@@H](Cc1ccccc1)[C@H](CN(Cc1ccc(-c2ccccn2)cc1)NC(=O)[C@@H](NC(=O)OC)C(C)(C)C)OC(=O)[C@@H](N)Cc1ccc(O)cc1)C(C)(C)C. The van der Waals surface area contributed by atoms with Gasteiger partial charge in [-0.15, -0.1) is 0 Å². The molecule has 16 heteroatoms. The average molecular weight is 868 g/mol. The standard InChI is InChI=1S/C47H61N7O9/c1-46(2,3)39(51-44(59)61-7)41(56)50-37(27-30-14-10-9-11-15-30)38(63-43(58)35(48)26-31-19-23-34(55)24-20-31)29-54(53-42(57)40(47(4,5)6)52-45(60)62-8)28-32-17-21-33(22-18-32)36-16-12-13-25-49-36/h9-25,35,37-40,55H,26-29,48H2,1-8H3,(H,50,56)(H,51,59)(H,52,60)(H,53,57)/t35-,37-,38-,39+,40+/m0/s1. The van der Waals surface area contributed by atoms with Gasteiger partial charge in [-0.25, -0.2) is 14.6 Å². The molecule has 1 heterocycles. The number of nitrogens with two attached hydrogens (primary N) is 1. The van der Waals surface area contributed by atoms with E-state index in [4.69, 9.17) is 19.9 Å². The number of carbonyl (C=O) groups is 5. The van der Waals surface area contributed by atoms with Crippen molar-refractivity contribution in [1.82, 2.24) is 31.4 Å². The zero-order valence-electron chi connectivity index (χ0n) is 37.2. The minimum absolute atomic E-state index is 0.0497. The third-order valence-electron chi connectivity index (χ3n) is 10.1. The van der Waals surface area contributed by atoms with Crippen molar-refractivity contribution in [2.45, 2.75) is 91.2 Å². The number of carbonyl (C=O) groups excluding carboxylic acids is 5. The Morgan fingerprint density at radius 3 is 1.76 bits per heavy atom. The Hall–Kier alpha value is -6.52. The van der Waals surface area contributed by atoms with Gasteiger partial charge >= 0.3 is 18.2 Å². The molecule has 4 aromatic rings. The van der Waals surface area contributed by atoms with Crippen molar-refractivity contribution in [1.29, 1.82) is 0 Å². The highest BCUT2D eigenvalue weighted by molar-refractivity contribution is 5.87. The smallest absolute Gasteiger partial charge is 0.407 e. The number of alkyl carbamates (subject to hydrolysis) is 2. The van der Waals surface area contributed by atoms with Gasteiger partial charge in [0.25, 0.3) is 5.91 Å². The summed E-state index contributed by atoms with van der Waals surface area (Å²) in [5.41, 5.74) is 11.7. The van der Waals surface area contributed by atoms with Crippen LogP contribution in [0.3, 0.4) is 0 Å². The first kappa shape index (κ1) is 49.1. The number of benzene rings is 3. The lowest BCUT2D eigenvalue weighted by molar-refractivity contribution is -0.155. The quantitative estimate of drug-likeness (QED) is 0.0440. The second kappa shape index (κ2) is 22.5. The lowest BCUT2D eigenvalue weighted by Gasteiger charge is -2.37. The molecule has 5 atom stereocenters. The molecule has 4 amide bonds. The van der Waals surface area contributed by atoms with Crippen molar-refractivity contribution in [2.75, 3.05) is 20.8 Å². The zero-order valence-corrected chi connectivity index (χ0v) is 37.2. The van der Waals surface area contributed by atoms with Gasteiger partial charge in [0.2, 0.25) is 5.91 Å². The molecule has 0 aliphatic heterocycles. The summed E-state index contributed by atoms with van der Waals surface area (Å²) in [6, 6.07) is 24.3. The molecule has 63 heavy (non-hydrogen) atoms. The van der Waals surface area contributed by atoms with Crippen LogP contribution in [-0.4, -0.2) is 96.1 Å². The number of aromatic hydroxyl groups is 1. The molecule has 338 valence electrons. The van der Waals surface area contributed by atoms with Crippen molar-refractivity contribution < 1.29 is 43.3 Å². The van der Waals surface area contributed by atoms with Crippen molar-refractivity contribution >= 4 is 30.0 Å². The number of pyridine rings is 1. The Labute approximate surface area is 369 Å². The molecule has 4 rings (SSSR count). The van der Waals surface area contributed by atoms with Crippen LogP contribution in [-0.2, 0) is 48.0 Å². The van der Waals surface area contributed by atoms with Crippen LogP contribution in [0.2, 0.25) is 0 Å². The normalized spacial score (nSPS) is 13.9. The summed E-state index contributed by atoms with van der Waals surface area (Å²) in [7, 11) is 2.40. The molecule has 3 aromatic carbocycles. The van der Waals surface area contributed by atoms with Crippen LogP contribution in [0.4, 0.5) is 9.59 Å².